The molecule has 2 N–H and O–H groups in total. The summed E-state index contributed by atoms with van der Waals surface area (Å²) in [4.78, 5) is 8.64. The van der Waals surface area contributed by atoms with E-state index in [1.54, 1.807) is 0 Å². The van der Waals surface area contributed by atoms with E-state index in [0.29, 0.717) is 5.92 Å². The zero-order valence-electron chi connectivity index (χ0n) is 7.75. The van der Waals surface area contributed by atoms with Gasteiger partial charge in [0.15, 0.2) is 0 Å². The molecule has 0 aliphatic carbocycles. The number of rotatable bonds is 2. The third-order valence-electron chi connectivity index (χ3n) is 2.39. The number of anilines is 1. The lowest BCUT2D eigenvalue weighted by Crippen LogP contribution is -2.10. The lowest BCUT2D eigenvalue weighted by Gasteiger charge is -2.06. The third-order valence-corrected chi connectivity index (χ3v) is 2.39. The molecule has 0 spiro atoms. The van der Waals surface area contributed by atoms with Crippen molar-refractivity contribution in [1.82, 2.24) is 15.3 Å². The molecule has 0 saturated carbocycles. The van der Waals surface area contributed by atoms with Gasteiger partial charge in [0.25, 0.3) is 0 Å². The first-order valence-corrected chi connectivity index (χ1v) is 4.60. The minimum atomic E-state index is 0.505. The van der Waals surface area contributed by atoms with Crippen molar-refractivity contribution in [2.45, 2.75) is 12.3 Å². The Morgan fingerprint density at radius 2 is 2.23 bits per heavy atom. The molecule has 2 rings (SSSR count). The molecule has 0 radical (unpaired) electrons. The molecule has 1 aromatic rings. The lowest BCUT2D eigenvalue weighted by molar-refractivity contribution is 0.702. The number of nitrogens with zero attached hydrogens (tertiary/aromatic N) is 2. The van der Waals surface area contributed by atoms with Gasteiger partial charge in [-0.3, -0.25) is 0 Å². The molecule has 0 aromatic carbocycles. The van der Waals surface area contributed by atoms with Crippen LogP contribution >= 0.6 is 0 Å². The Labute approximate surface area is 77.8 Å². The maximum atomic E-state index is 4.32. The van der Waals surface area contributed by atoms with E-state index in [9.17, 15) is 0 Å². The minimum absolute atomic E-state index is 0.505. The van der Waals surface area contributed by atoms with Crippen molar-refractivity contribution in [3.05, 3.63) is 18.2 Å². The number of hydrogen-bond donors (Lipinski definition) is 2. The Hall–Kier alpha value is -1.16. The molecule has 1 aliphatic heterocycles. The largest absolute Gasteiger partial charge is 0.386 e. The van der Waals surface area contributed by atoms with Gasteiger partial charge in [0.05, 0.1) is 18.1 Å². The second-order valence-electron chi connectivity index (χ2n) is 3.27. The highest BCUT2D eigenvalue weighted by molar-refractivity contribution is 5.36. The van der Waals surface area contributed by atoms with Crippen LogP contribution in [0.15, 0.2) is 12.4 Å². The average Bonchev–Trinajstić information content (AvgIpc) is 2.71. The second-order valence-corrected chi connectivity index (χ2v) is 3.27. The van der Waals surface area contributed by atoms with Crippen molar-refractivity contribution in [1.29, 1.82) is 0 Å². The van der Waals surface area contributed by atoms with Gasteiger partial charge >= 0.3 is 0 Å². The normalized spacial score (nSPS) is 21.8. The summed E-state index contributed by atoms with van der Waals surface area (Å²) in [6.45, 7) is 2.10. The number of nitrogens with one attached hydrogen (secondary N) is 2. The molecule has 1 aromatic heterocycles. The first-order chi connectivity index (χ1) is 6.40. The molecule has 4 nitrogen and oxygen atoms in total. The van der Waals surface area contributed by atoms with Crippen molar-refractivity contribution in [3.63, 3.8) is 0 Å². The lowest BCUT2D eigenvalue weighted by atomic mass is 10.1. The SMILES string of the molecule is CNc1cnc(C2CCNC2)nc1. The van der Waals surface area contributed by atoms with Gasteiger partial charge in [0, 0.05) is 19.5 Å². The smallest absolute Gasteiger partial charge is 0.132 e. The highest BCUT2D eigenvalue weighted by Gasteiger charge is 2.18. The van der Waals surface area contributed by atoms with Gasteiger partial charge in [-0.1, -0.05) is 0 Å². The van der Waals surface area contributed by atoms with Crippen LogP contribution in [0.4, 0.5) is 5.69 Å². The Balaban J connectivity index is 2.12. The summed E-state index contributed by atoms with van der Waals surface area (Å²) in [7, 11) is 1.87. The van der Waals surface area contributed by atoms with Crippen molar-refractivity contribution < 1.29 is 0 Å². The van der Waals surface area contributed by atoms with Gasteiger partial charge in [-0.15, -0.1) is 0 Å². The first kappa shape index (κ1) is 8.44. The van der Waals surface area contributed by atoms with E-state index in [0.717, 1.165) is 31.0 Å². The van der Waals surface area contributed by atoms with Gasteiger partial charge in [-0.2, -0.15) is 0 Å². The van der Waals surface area contributed by atoms with E-state index in [-0.39, 0.29) is 0 Å². The van der Waals surface area contributed by atoms with Crippen LogP contribution in [0, 0.1) is 0 Å². The summed E-state index contributed by atoms with van der Waals surface area (Å²) in [6.07, 6.45) is 4.82. The van der Waals surface area contributed by atoms with Crippen LogP contribution in [0.25, 0.3) is 0 Å². The summed E-state index contributed by atoms with van der Waals surface area (Å²) in [5, 5.41) is 6.31. The molecule has 0 bridgehead atoms. The molecule has 4 heteroatoms. The summed E-state index contributed by atoms with van der Waals surface area (Å²) >= 11 is 0. The topological polar surface area (TPSA) is 49.8 Å². The standard InChI is InChI=1S/C9H14N4/c1-10-8-5-12-9(13-6-8)7-2-3-11-4-7/h5-7,10-11H,2-4H2,1H3. The maximum absolute atomic E-state index is 4.32. The summed E-state index contributed by atoms with van der Waals surface area (Å²) in [5.41, 5.74) is 0.967. The van der Waals surface area contributed by atoms with E-state index < -0.39 is 0 Å². The predicted octanol–water partition coefficient (Wildman–Crippen LogP) is 0.595. The molecule has 1 saturated heterocycles. The molecular formula is C9H14N4. The van der Waals surface area contributed by atoms with Crippen LogP contribution < -0.4 is 10.6 Å². The highest BCUT2D eigenvalue weighted by atomic mass is 15.0. The van der Waals surface area contributed by atoms with Crippen LogP contribution in [-0.4, -0.2) is 30.1 Å². The van der Waals surface area contributed by atoms with E-state index >= 15 is 0 Å². The van der Waals surface area contributed by atoms with E-state index in [2.05, 4.69) is 20.6 Å². The predicted molar refractivity (Wildman–Crippen MR) is 51.8 cm³/mol. The van der Waals surface area contributed by atoms with Crippen LogP contribution in [0.3, 0.4) is 0 Å². The van der Waals surface area contributed by atoms with E-state index in [4.69, 9.17) is 0 Å². The molecule has 1 aliphatic rings. The Morgan fingerprint density at radius 1 is 1.46 bits per heavy atom. The molecule has 1 unspecified atom stereocenters. The molecule has 1 fully saturated rings. The van der Waals surface area contributed by atoms with Crippen molar-refractivity contribution in [3.8, 4) is 0 Å². The quantitative estimate of drug-likeness (QED) is 0.696. The fraction of sp³-hybridized carbons (Fsp3) is 0.556. The van der Waals surface area contributed by atoms with Gasteiger partial charge < -0.3 is 10.6 Å². The van der Waals surface area contributed by atoms with Crippen molar-refractivity contribution in [2.24, 2.45) is 0 Å². The van der Waals surface area contributed by atoms with Crippen LogP contribution in [0.2, 0.25) is 0 Å². The summed E-state index contributed by atoms with van der Waals surface area (Å²) < 4.78 is 0. The highest BCUT2D eigenvalue weighted by Crippen LogP contribution is 2.18. The van der Waals surface area contributed by atoms with Crippen LogP contribution in [0.5, 0.6) is 0 Å². The molecule has 2 heterocycles. The fourth-order valence-electron chi connectivity index (χ4n) is 1.55. The number of hydrogen-bond acceptors (Lipinski definition) is 4. The van der Waals surface area contributed by atoms with Crippen LogP contribution in [0.1, 0.15) is 18.2 Å². The van der Waals surface area contributed by atoms with Gasteiger partial charge in [-0.05, 0) is 13.0 Å². The zero-order chi connectivity index (χ0) is 9.10. The van der Waals surface area contributed by atoms with Crippen molar-refractivity contribution in [2.75, 3.05) is 25.5 Å². The van der Waals surface area contributed by atoms with Crippen LogP contribution in [-0.2, 0) is 0 Å². The third kappa shape index (κ3) is 1.78. The summed E-state index contributed by atoms with van der Waals surface area (Å²) in [5.74, 6) is 1.47. The number of aromatic nitrogens is 2. The van der Waals surface area contributed by atoms with E-state index in [1.165, 1.54) is 0 Å². The minimum Gasteiger partial charge on any atom is -0.386 e. The van der Waals surface area contributed by atoms with Gasteiger partial charge in [0.1, 0.15) is 5.82 Å². The molecule has 0 amide bonds. The van der Waals surface area contributed by atoms with Crippen molar-refractivity contribution >= 4 is 5.69 Å². The molecule has 70 valence electrons. The second kappa shape index (κ2) is 3.70. The zero-order valence-corrected chi connectivity index (χ0v) is 7.75. The molecule has 13 heavy (non-hydrogen) atoms. The average molecular weight is 178 g/mol. The Bertz CT molecular complexity index is 263. The fourth-order valence-corrected chi connectivity index (χ4v) is 1.55. The van der Waals surface area contributed by atoms with Gasteiger partial charge in [0.2, 0.25) is 0 Å². The Kier molecular flexibility index (Phi) is 2.40. The Morgan fingerprint density at radius 3 is 2.77 bits per heavy atom. The molecule has 1 atom stereocenters. The van der Waals surface area contributed by atoms with E-state index in [1.807, 2.05) is 19.4 Å². The maximum Gasteiger partial charge on any atom is 0.132 e. The monoisotopic (exact) mass is 178 g/mol. The molecular weight excluding hydrogens is 164 g/mol. The summed E-state index contributed by atoms with van der Waals surface area (Å²) in [6, 6.07) is 0. The van der Waals surface area contributed by atoms with Gasteiger partial charge in [-0.25, -0.2) is 9.97 Å². The first-order valence-electron chi connectivity index (χ1n) is 4.60.